The lowest BCUT2D eigenvalue weighted by Gasteiger charge is -2.19. The summed E-state index contributed by atoms with van der Waals surface area (Å²) in [5.41, 5.74) is 2.69. The molecule has 1 atom stereocenters. The molecule has 0 aromatic heterocycles. The number of hydrogen-bond donors (Lipinski definition) is 2. The number of hydrazine groups is 1. The number of halogens is 3. The van der Waals surface area contributed by atoms with Gasteiger partial charge in [0, 0.05) is 4.90 Å². The third-order valence-corrected chi connectivity index (χ3v) is 5.78. The van der Waals surface area contributed by atoms with Gasteiger partial charge in [0.2, 0.25) is 0 Å². The fraction of sp³-hybridized carbons (Fsp3) is 0.294. The molecular weight excluding hydrogens is 401 g/mol. The highest BCUT2D eigenvalue weighted by molar-refractivity contribution is 8.00. The molecule has 148 valence electrons. The van der Waals surface area contributed by atoms with Crippen LogP contribution in [0.5, 0.6) is 5.75 Å². The molecule has 0 amide bonds. The second kappa shape index (κ2) is 9.45. The Bertz CT molecular complexity index is 831. The van der Waals surface area contributed by atoms with Gasteiger partial charge in [0.15, 0.2) is 0 Å². The van der Waals surface area contributed by atoms with Crippen LogP contribution in [0, 0.1) is 0 Å². The highest BCUT2D eigenvalue weighted by Crippen LogP contribution is 2.29. The molecule has 5 nitrogen and oxygen atoms in total. The minimum absolute atomic E-state index is 0.303. The summed E-state index contributed by atoms with van der Waals surface area (Å²) in [7, 11) is -4.27. The predicted octanol–water partition coefficient (Wildman–Crippen LogP) is 4.29. The van der Waals surface area contributed by atoms with Gasteiger partial charge in [-0.25, -0.2) is 13.8 Å². The van der Waals surface area contributed by atoms with Crippen LogP contribution in [0.15, 0.2) is 64.4 Å². The molecule has 0 aliphatic heterocycles. The first-order chi connectivity index (χ1) is 12.7. The van der Waals surface area contributed by atoms with Crippen LogP contribution in [0.4, 0.5) is 13.2 Å². The van der Waals surface area contributed by atoms with Crippen LogP contribution in [0.3, 0.4) is 0 Å². The van der Waals surface area contributed by atoms with Crippen molar-refractivity contribution in [3.05, 3.63) is 54.6 Å². The maximum absolute atomic E-state index is 12.5. The molecule has 0 saturated heterocycles. The van der Waals surface area contributed by atoms with Gasteiger partial charge in [-0.2, -0.15) is 0 Å². The monoisotopic (exact) mass is 420 g/mol. The van der Waals surface area contributed by atoms with Crippen LogP contribution in [0.25, 0.3) is 0 Å². The van der Waals surface area contributed by atoms with Crippen LogP contribution in [-0.4, -0.2) is 20.2 Å². The van der Waals surface area contributed by atoms with E-state index in [0.29, 0.717) is 6.42 Å². The molecule has 2 N–H and O–H groups in total. The van der Waals surface area contributed by atoms with Gasteiger partial charge in [0.05, 0.1) is 5.37 Å². The number of rotatable bonds is 9. The number of sulfonamides is 1. The fourth-order valence-corrected chi connectivity index (χ4v) is 4.39. The van der Waals surface area contributed by atoms with Gasteiger partial charge >= 0.3 is 6.36 Å². The number of alkyl halides is 3. The zero-order valence-electron chi connectivity index (χ0n) is 14.4. The van der Waals surface area contributed by atoms with Crippen LogP contribution >= 0.6 is 11.8 Å². The summed E-state index contributed by atoms with van der Waals surface area (Å²) < 4.78 is 66.3. The zero-order chi connectivity index (χ0) is 19.9. The SMILES string of the molecule is CCCC(NNS(=O)(=O)c1ccccc1OC(F)(F)F)Sc1ccccc1. The Morgan fingerprint density at radius 1 is 1.07 bits per heavy atom. The molecular formula is C17H19F3N2O3S2. The van der Waals surface area contributed by atoms with Gasteiger partial charge in [0.25, 0.3) is 10.0 Å². The maximum Gasteiger partial charge on any atom is 0.573 e. The van der Waals surface area contributed by atoms with Crippen LogP contribution < -0.4 is 15.0 Å². The Balaban J connectivity index is 2.13. The number of benzene rings is 2. The Kier molecular flexibility index (Phi) is 7.54. The number of hydrogen-bond acceptors (Lipinski definition) is 5. The van der Waals surface area contributed by atoms with E-state index < -0.39 is 27.0 Å². The Morgan fingerprint density at radius 2 is 1.70 bits per heavy atom. The molecule has 0 saturated carbocycles. The predicted molar refractivity (Wildman–Crippen MR) is 97.6 cm³/mol. The number of ether oxygens (including phenoxy) is 1. The van der Waals surface area contributed by atoms with E-state index in [9.17, 15) is 21.6 Å². The molecule has 27 heavy (non-hydrogen) atoms. The third-order valence-electron chi connectivity index (χ3n) is 3.29. The lowest BCUT2D eigenvalue weighted by molar-refractivity contribution is -0.275. The third kappa shape index (κ3) is 7.06. The van der Waals surface area contributed by atoms with Crippen molar-refractivity contribution in [2.45, 2.75) is 41.3 Å². The summed E-state index contributed by atoms with van der Waals surface area (Å²) in [5, 5.41) is -0.303. The molecule has 1 unspecified atom stereocenters. The molecule has 0 aliphatic rings. The minimum atomic E-state index is -4.99. The first-order valence-electron chi connectivity index (χ1n) is 8.05. The van der Waals surface area contributed by atoms with Crippen molar-refractivity contribution in [3.8, 4) is 5.75 Å². The van der Waals surface area contributed by atoms with Crippen molar-refractivity contribution in [2.24, 2.45) is 0 Å². The van der Waals surface area contributed by atoms with Gasteiger partial charge in [-0.3, -0.25) is 0 Å². The van der Waals surface area contributed by atoms with Gasteiger partial charge in [-0.05, 0) is 30.7 Å². The average Bonchev–Trinajstić information content (AvgIpc) is 2.60. The van der Waals surface area contributed by atoms with Gasteiger partial charge in [0.1, 0.15) is 10.6 Å². The molecule has 0 heterocycles. The van der Waals surface area contributed by atoms with Crippen LogP contribution in [0.1, 0.15) is 19.8 Å². The molecule has 2 aromatic carbocycles. The van der Waals surface area contributed by atoms with Crippen molar-refractivity contribution in [2.75, 3.05) is 0 Å². The number of nitrogens with one attached hydrogen (secondary N) is 2. The van der Waals surface area contributed by atoms with Gasteiger partial charge in [-0.15, -0.1) is 29.8 Å². The van der Waals surface area contributed by atoms with Gasteiger partial charge < -0.3 is 4.74 Å². The normalized spacial score (nSPS) is 13.3. The topological polar surface area (TPSA) is 67.4 Å². The minimum Gasteiger partial charge on any atom is -0.404 e. The van der Waals surface area contributed by atoms with E-state index in [1.807, 2.05) is 37.3 Å². The molecule has 0 radical (unpaired) electrons. The Morgan fingerprint density at radius 3 is 2.33 bits per heavy atom. The van der Waals surface area contributed by atoms with Crippen LogP contribution in [-0.2, 0) is 10.0 Å². The molecule has 2 aromatic rings. The quantitative estimate of drug-likeness (QED) is 0.360. The van der Waals surface area contributed by atoms with E-state index in [0.717, 1.165) is 23.4 Å². The highest BCUT2D eigenvalue weighted by Gasteiger charge is 2.34. The number of thioether (sulfide) groups is 1. The average molecular weight is 420 g/mol. The van der Waals surface area contributed by atoms with Crippen LogP contribution in [0.2, 0.25) is 0 Å². The van der Waals surface area contributed by atoms with Crippen molar-refractivity contribution in [1.29, 1.82) is 0 Å². The summed E-state index contributed by atoms with van der Waals surface area (Å²) >= 11 is 1.41. The summed E-state index contributed by atoms with van der Waals surface area (Å²) in [6, 6.07) is 13.9. The second-order valence-corrected chi connectivity index (χ2v) is 8.38. The lowest BCUT2D eigenvalue weighted by atomic mass is 10.3. The Labute approximate surface area is 160 Å². The smallest absolute Gasteiger partial charge is 0.404 e. The molecule has 2 rings (SSSR count). The first kappa shape index (κ1) is 21.5. The van der Waals surface area contributed by atoms with E-state index >= 15 is 0 Å². The summed E-state index contributed by atoms with van der Waals surface area (Å²) in [6.07, 6.45) is -3.57. The molecule has 0 aliphatic carbocycles. The van der Waals surface area contributed by atoms with Gasteiger partial charge in [-0.1, -0.05) is 43.7 Å². The standard InChI is InChI=1S/C17H19F3N2O3S2/c1-2-8-16(26-13-9-4-3-5-10-13)21-22-27(23,24)15-12-7-6-11-14(15)25-17(18,19)20/h3-7,9-12,16,21-22H,2,8H2,1H3. The molecule has 10 heteroatoms. The lowest BCUT2D eigenvalue weighted by Crippen LogP contribution is -2.43. The van der Waals surface area contributed by atoms with Crippen molar-refractivity contribution < 1.29 is 26.3 Å². The molecule has 0 bridgehead atoms. The number of para-hydroxylation sites is 1. The van der Waals surface area contributed by atoms with E-state index in [1.54, 1.807) is 0 Å². The first-order valence-corrected chi connectivity index (χ1v) is 10.4. The fourth-order valence-electron chi connectivity index (χ4n) is 2.17. The van der Waals surface area contributed by atoms with Crippen molar-refractivity contribution in [1.82, 2.24) is 10.3 Å². The van der Waals surface area contributed by atoms with E-state index in [2.05, 4.69) is 15.0 Å². The summed E-state index contributed by atoms with van der Waals surface area (Å²) in [6.45, 7) is 1.95. The molecule has 0 spiro atoms. The molecule has 0 fully saturated rings. The Hall–Kier alpha value is -1.75. The second-order valence-electron chi connectivity index (χ2n) is 5.45. The van der Waals surface area contributed by atoms with E-state index in [-0.39, 0.29) is 5.37 Å². The maximum atomic E-state index is 12.5. The summed E-state index contributed by atoms with van der Waals surface area (Å²) in [4.78, 5) is 2.49. The van der Waals surface area contributed by atoms with Crippen molar-refractivity contribution >= 4 is 21.8 Å². The largest absolute Gasteiger partial charge is 0.573 e. The van der Waals surface area contributed by atoms with E-state index in [4.69, 9.17) is 0 Å². The highest BCUT2D eigenvalue weighted by atomic mass is 32.2. The van der Waals surface area contributed by atoms with E-state index in [1.165, 1.54) is 23.9 Å². The van der Waals surface area contributed by atoms with Crippen molar-refractivity contribution in [3.63, 3.8) is 0 Å². The zero-order valence-corrected chi connectivity index (χ0v) is 16.0. The summed E-state index contributed by atoms with van der Waals surface area (Å²) in [5.74, 6) is -0.790.